The van der Waals surface area contributed by atoms with Crippen molar-refractivity contribution in [3.05, 3.63) is 29.6 Å². The van der Waals surface area contributed by atoms with Gasteiger partial charge in [0.1, 0.15) is 5.69 Å². The molecule has 1 aromatic heterocycles. The van der Waals surface area contributed by atoms with E-state index >= 15 is 0 Å². The number of aromatic nitrogens is 1. The van der Waals surface area contributed by atoms with Crippen LogP contribution >= 0.6 is 0 Å². The summed E-state index contributed by atoms with van der Waals surface area (Å²) in [5.74, 6) is -0.850. The highest BCUT2D eigenvalue weighted by atomic mass is 16.4. The molecule has 1 aromatic rings. The Bertz CT molecular complexity index is 460. The lowest BCUT2D eigenvalue weighted by Crippen LogP contribution is -2.34. The van der Waals surface area contributed by atoms with Crippen molar-refractivity contribution in [1.29, 1.82) is 0 Å². The number of aromatic carboxylic acids is 1. The Morgan fingerprint density at radius 3 is 2.63 bits per heavy atom. The van der Waals surface area contributed by atoms with Gasteiger partial charge < -0.3 is 10.0 Å². The van der Waals surface area contributed by atoms with Crippen LogP contribution in [0.15, 0.2) is 18.3 Å². The summed E-state index contributed by atoms with van der Waals surface area (Å²) in [4.78, 5) is 28.6. The summed E-state index contributed by atoms with van der Waals surface area (Å²) in [5, 5.41) is 8.88. The molecule has 0 aliphatic rings. The van der Waals surface area contributed by atoms with Crippen molar-refractivity contribution >= 4 is 11.9 Å². The van der Waals surface area contributed by atoms with Crippen LogP contribution in [-0.2, 0) is 0 Å². The van der Waals surface area contributed by atoms with Gasteiger partial charge in [-0.05, 0) is 25.0 Å². The van der Waals surface area contributed by atoms with Crippen molar-refractivity contribution in [1.82, 2.24) is 9.88 Å². The van der Waals surface area contributed by atoms with Crippen LogP contribution in [0.4, 0.5) is 0 Å². The maximum atomic E-state index is 12.3. The Morgan fingerprint density at radius 1 is 1.42 bits per heavy atom. The van der Waals surface area contributed by atoms with E-state index in [-0.39, 0.29) is 11.6 Å². The van der Waals surface area contributed by atoms with Crippen LogP contribution in [0.1, 0.15) is 48.0 Å². The standard InChI is InChI=1S/C14H20N2O3/c1-4-10(3)9-16(5-2)13(17)11-6-7-15-12(8-11)14(18)19/h6-8,10H,4-5,9H2,1-3H3,(H,18,19). The molecule has 0 aliphatic heterocycles. The third-order valence-electron chi connectivity index (χ3n) is 3.12. The van der Waals surface area contributed by atoms with E-state index in [4.69, 9.17) is 5.11 Å². The largest absolute Gasteiger partial charge is 0.477 e. The number of carbonyl (C=O) groups is 2. The Kier molecular flexibility index (Phi) is 5.48. The second kappa shape index (κ2) is 6.87. The first kappa shape index (κ1) is 15.1. The van der Waals surface area contributed by atoms with Gasteiger partial charge in [-0.3, -0.25) is 4.79 Å². The molecule has 0 saturated heterocycles. The maximum Gasteiger partial charge on any atom is 0.354 e. The number of carboxylic acids is 1. The normalized spacial score (nSPS) is 11.9. The zero-order valence-electron chi connectivity index (χ0n) is 11.6. The molecule has 5 nitrogen and oxygen atoms in total. The van der Waals surface area contributed by atoms with Crippen LogP contribution in [0.2, 0.25) is 0 Å². The monoisotopic (exact) mass is 264 g/mol. The van der Waals surface area contributed by atoms with E-state index in [1.807, 2.05) is 6.92 Å². The third-order valence-corrected chi connectivity index (χ3v) is 3.12. The van der Waals surface area contributed by atoms with Crippen molar-refractivity contribution in [2.45, 2.75) is 27.2 Å². The second-order valence-corrected chi connectivity index (χ2v) is 4.59. The van der Waals surface area contributed by atoms with Gasteiger partial charge >= 0.3 is 5.97 Å². The van der Waals surface area contributed by atoms with Crippen molar-refractivity contribution < 1.29 is 14.7 Å². The highest BCUT2D eigenvalue weighted by Crippen LogP contribution is 2.10. The van der Waals surface area contributed by atoms with E-state index in [1.165, 1.54) is 12.3 Å². The molecule has 1 atom stereocenters. The van der Waals surface area contributed by atoms with Gasteiger partial charge in [0.2, 0.25) is 0 Å². The van der Waals surface area contributed by atoms with E-state index in [9.17, 15) is 9.59 Å². The molecule has 0 saturated carbocycles. The Labute approximate surface area is 113 Å². The summed E-state index contributed by atoms with van der Waals surface area (Å²) in [6.07, 6.45) is 2.36. The molecule has 1 N–H and O–H groups in total. The molecule has 1 amide bonds. The minimum absolute atomic E-state index is 0.106. The van der Waals surface area contributed by atoms with Gasteiger partial charge in [0, 0.05) is 24.8 Å². The van der Waals surface area contributed by atoms with Crippen LogP contribution in [-0.4, -0.2) is 40.0 Å². The summed E-state index contributed by atoms with van der Waals surface area (Å²) in [7, 11) is 0. The second-order valence-electron chi connectivity index (χ2n) is 4.59. The number of hydrogen-bond donors (Lipinski definition) is 1. The molecule has 0 aliphatic carbocycles. The van der Waals surface area contributed by atoms with Crippen LogP contribution < -0.4 is 0 Å². The number of rotatable bonds is 6. The summed E-state index contributed by atoms with van der Waals surface area (Å²) < 4.78 is 0. The molecule has 19 heavy (non-hydrogen) atoms. The molecule has 0 radical (unpaired) electrons. The van der Waals surface area contributed by atoms with E-state index in [0.29, 0.717) is 24.6 Å². The SMILES string of the molecule is CCC(C)CN(CC)C(=O)c1ccnc(C(=O)O)c1. The fourth-order valence-electron chi connectivity index (χ4n) is 1.72. The van der Waals surface area contributed by atoms with E-state index in [0.717, 1.165) is 6.42 Å². The first-order valence-electron chi connectivity index (χ1n) is 6.48. The topological polar surface area (TPSA) is 70.5 Å². The summed E-state index contributed by atoms with van der Waals surface area (Å²) in [6, 6.07) is 2.87. The Morgan fingerprint density at radius 2 is 2.11 bits per heavy atom. The van der Waals surface area contributed by atoms with E-state index in [2.05, 4.69) is 18.8 Å². The molecule has 0 fully saturated rings. The Hall–Kier alpha value is -1.91. The molecule has 104 valence electrons. The molecule has 1 unspecified atom stereocenters. The molecule has 0 spiro atoms. The predicted molar refractivity (Wildman–Crippen MR) is 72.2 cm³/mol. The summed E-state index contributed by atoms with van der Waals surface area (Å²) in [5.41, 5.74) is 0.267. The van der Waals surface area contributed by atoms with Gasteiger partial charge in [0.25, 0.3) is 5.91 Å². The average Bonchev–Trinajstić information content (AvgIpc) is 2.43. The lowest BCUT2D eigenvalue weighted by Gasteiger charge is -2.24. The third kappa shape index (κ3) is 4.05. The van der Waals surface area contributed by atoms with Gasteiger partial charge in [-0.25, -0.2) is 9.78 Å². The molecule has 1 heterocycles. The molecule has 1 rings (SSSR count). The minimum Gasteiger partial charge on any atom is -0.477 e. The summed E-state index contributed by atoms with van der Waals surface area (Å²) in [6.45, 7) is 7.37. The van der Waals surface area contributed by atoms with Crippen LogP contribution in [0.5, 0.6) is 0 Å². The fourth-order valence-corrected chi connectivity index (χ4v) is 1.72. The van der Waals surface area contributed by atoms with Gasteiger partial charge in [0.15, 0.2) is 0 Å². The van der Waals surface area contributed by atoms with Crippen molar-refractivity contribution in [3.8, 4) is 0 Å². The predicted octanol–water partition coefficient (Wildman–Crippen LogP) is 2.29. The minimum atomic E-state index is -1.13. The van der Waals surface area contributed by atoms with Crippen molar-refractivity contribution in [3.63, 3.8) is 0 Å². The van der Waals surface area contributed by atoms with Gasteiger partial charge in [-0.1, -0.05) is 20.3 Å². The maximum absolute atomic E-state index is 12.3. The zero-order chi connectivity index (χ0) is 14.4. The van der Waals surface area contributed by atoms with Crippen molar-refractivity contribution in [2.24, 2.45) is 5.92 Å². The molecule has 0 bridgehead atoms. The van der Waals surface area contributed by atoms with Crippen LogP contribution in [0, 0.1) is 5.92 Å². The molecule has 0 aromatic carbocycles. The number of nitrogens with zero attached hydrogens (tertiary/aromatic N) is 2. The number of carboxylic acid groups (broad SMARTS) is 1. The number of carbonyl (C=O) groups excluding carboxylic acids is 1. The Balaban J connectivity index is 2.91. The molecular formula is C14H20N2O3. The first-order chi connectivity index (χ1) is 8.99. The fraction of sp³-hybridized carbons (Fsp3) is 0.500. The quantitative estimate of drug-likeness (QED) is 0.855. The number of hydrogen-bond acceptors (Lipinski definition) is 3. The smallest absolute Gasteiger partial charge is 0.354 e. The van der Waals surface area contributed by atoms with Crippen molar-refractivity contribution in [2.75, 3.05) is 13.1 Å². The number of pyridine rings is 1. The lowest BCUT2D eigenvalue weighted by atomic mass is 10.1. The highest BCUT2D eigenvalue weighted by Gasteiger charge is 2.17. The van der Waals surface area contributed by atoms with Gasteiger partial charge in [-0.2, -0.15) is 0 Å². The highest BCUT2D eigenvalue weighted by molar-refractivity contribution is 5.96. The first-order valence-corrected chi connectivity index (χ1v) is 6.48. The van der Waals surface area contributed by atoms with Crippen LogP contribution in [0.25, 0.3) is 0 Å². The van der Waals surface area contributed by atoms with E-state index in [1.54, 1.807) is 11.0 Å². The van der Waals surface area contributed by atoms with E-state index < -0.39 is 5.97 Å². The zero-order valence-corrected chi connectivity index (χ0v) is 11.6. The number of amides is 1. The molecular weight excluding hydrogens is 244 g/mol. The lowest BCUT2D eigenvalue weighted by molar-refractivity contribution is 0.0690. The average molecular weight is 264 g/mol. The molecule has 5 heteroatoms. The van der Waals surface area contributed by atoms with Gasteiger partial charge in [-0.15, -0.1) is 0 Å². The van der Waals surface area contributed by atoms with Gasteiger partial charge in [0.05, 0.1) is 0 Å². The van der Waals surface area contributed by atoms with Crippen LogP contribution in [0.3, 0.4) is 0 Å². The summed E-state index contributed by atoms with van der Waals surface area (Å²) >= 11 is 0.